The van der Waals surface area contributed by atoms with E-state index in [0.29, 0.717) is 18.0 Å². The van der Waals surface area contributed by atoms with Gasteiger partial charge in [0.05, 0.1) is 0 Å². The molecule has 1 saturated carbocycles. The van der Waals surface area contributed by atoms with Gasteiger partial charge in [0.1, 0.15) is 0 Å². The van der Waals surface area contributed by atoms with Gasteiger partial charge in [-0.25, -0.2) is 4.79 Å². The van der Waals surface area contributed by atoms with E-state index in [2.05, 4.69) is 10.6 Å². The Labute approximate surface area is 94.0 Å². The van der Waals surface area contributed by atoms with Crippen molar-refractivity contribution in [2.24, 2.45) is 5.92 Å². The van der Waals surface area contributed by atoms with Crippen molar-refractivity contribution in [1.82, 2.24) is 10.6 Å². The number of benzene rings is 1. The predicted molar refractivity (Wildman–Crippen MR) is 60.0 cm³/mol. The second-order valence-corrected chi connectivity index (χ2v) is 3.97. The van der Waals surface area contributed by atoms with E-state index in [1.807, 2.05) is 6.07 Å². The van der Waals surface area contributed by atoms with Crippen molar-refractivity contribution in [2.75, 3.05) is 6.54 Å². The zero-order valence-electron chi connectivity index (χ0n) is 8.90. The molecule has 4 nitrogen and oxygen atoms in total. The molecule has 16 heavy (non-hydrogen) atoms. The van der Waals surface area contributed by atoms with Gasteiger partial charge in [0.25, 0.3) is 5.91 Å². The third-order valence-corrected chi connectivity index (χ3v) is 2.51. The van der Waals surface area contributed by atoms with Crippen LogP contribution in [-0.2, 0) is 0 Å². The monoisotopic (exact) mass is 218 g/mol. The highest BCUT2D eigenvalue weighted by Crippen LogP contribution is 2.27. The quantitative estimate of drug-likeness (QED) is 0.808. The third-order valence-electron chi connectivity index (χ3n) is 2.51. The van der Waals surface area contributed by atoms with E-state index in [1.165, 1.54) is 12.8 Å². The number of imide groups is 1. The smallest absolute Gasteiger partial charge is 0.321 e. The van der Waals surface area contributed by atoms with Gasteiger partial charge in [-0.1, -0.05) is 18.2 Å². The molecule has 3 amide bonds. The lowest BCUT2D eigenvalue weighted by Crippen LogP contribution is -2.40. The van der Waals surface area contributed by atoms with Crippen molar-refractivity contribution < 1.29 is 9.59 Å². The van der Waals surface area contributed by atoms with E-state index in [0.717, 1.165) is 0 Å². The number of carbonyl (C=O) groups is 2. The Kier molecular flexibility index (Phi) is 3.19. The minimum absolute atomic E-state index is 0.367. The maximum absolute atomic E-state index is 11.5. The van der Waals surface area contributed by atoms with Crippen LogP contribution in [-0.4, -0.2) is 18.5 Å². The van der Waals surface area contributed by atoms with Gasteiger partial charge in [0.15, 0.2) is 0 Å². The van der Waals surface area contributed by atoms with Gasteiger partial charge in [-0.3, -0.25) is 10.1 Å². The summed E-state index contributed by atoms with van der Waals surface area (Å²) in [5.41, 5.74) is 0.490. The molecule has 0 spiro atoms. The molecule has 1 aromatic rings. The molecule has 0 saturated heterocycles. The van der Waals surface area contributed by atoms with Gasteiger partial charge in [-0.05, 0) is 30.9 Å². The molecule has 2 N–H and O–H groups in total. The summed E-state index contributed by atoms with van der Waals surface area (Å²) in [5, 5.41) is 4.96. The molecule has 0 aromatic heterocycles. The van der Waals surface area contributed by atoms with E-state index in [4.69, 9.17) is 0 Å². The molecule has 0 atom stereocenters. The van der Waals surface area contributed by atoms with Crippen LogP contribution < -0.4 is 10.6 Å². The van der Waals surface area contributed by atoms with Crippen molar-refractivity contribution in [3.8, 4) is 0 Å². The fourth-order valence-electron chi connectivity index (χ4n) is 1.37. The molecule has 1 aliphatic rings. The number of rotatable bonds is 3. The van der Waals surface area contributed by atoms with E-state index in [1.54, 1.807) is 24.3 Å². The molecule has 1 aromatic carbocycles. The zero-order valence-corrected chi connectivity index (χ0v) is 8.90. The van der Waals surface area contributed by atoms with E-state index in [-0.39, 0.29) is 5.91 Å². The lowest BCUT2D eigenvalue weighted by atomic mass is 10.2. The van der Waals surface area contributed by atoms with Crippen molar-refractivity contribution in [1.29, 1.82) is 0 Å². The second-order valence-electron chi connectivity index (χ2n) is 3.97. The Hall–Kier alpha value is -1.84. The minimum atomic E-state index is -0.416. The summed E-state index contributed by atoms with van der Waals surface area (Å²) in [6, 6.07) is 8.27. The molecule has 0 radical (unpaired) electrons. The number of hydrogen-bond acceptors (Lipinski definition) is 2. The SMILES string of the molecule is O=C(NCC1CC1)NC(=O)c1ccccc1. The Morgan fingerprint density at radius 3 is 2.50 bits per heavy atom. The number of urea groups is 1. The minimum Gasteiger partial charge on any atom is -0.338 e. The molecule has 0 aliphatic heterocycles. The normalized spacial score (nSPS) is 14.2. The third kappa shape index (κ3) is 3.08. The molecule has 1 aliphatic carbocycles. The van der Waals surface area contributed by atoms with Crippen LogP contribution in [0.25, 0.3) is 0 Å². The van der Waals surface area contributed by atoms with E-state index < -0.39 is 6.03 Å². The van der Waals surface area contributed by atoms with Crippen LogP contribution in [0.5, 0.6) is 0 Å². The Bertz CT molecular complexity index is 385. The molecule has 0 bridgehead atoms. The van der Waals surface area contributed by atoms with Gasteiger partial charge in [-0.2, -0.15) is 0 Å². The summed E-state index contributed by atoms with van der Waals surface area (Å²) < 4.78 is 0. The summed E-state index contributed by atoms with van der Waals surface area (Å²) in [6.07, 6.45) is 2.35. The van der Waals surface area contributed by atoms with Crippen molar-refractivity contribution in [2.45, 2.75) is 12.8 Å². The first kappa shape index (κ1) is 10.7. The standard InChI is InChI=1S/C12H14N2O2/c15-11(10-4-2-1-3-5-10)14-12(16)13-8-9-6-7-9/h1-5,9H,6-8H2,(H2,13,14,15,16). The van der Waals surface area contributed by atoms with Gasteiger partial charge in [0.2, 0.25) is 0 Å². The summed E-state index contributed by atoms with van der Waals surface area (Å²) in [5.74, 6) is 0.242. The maximum Gasteiger partial charge on any atom is 0.321 e. The predicted octanol–water partition coefficient (Wildman–Crippen LogP) is 1.54. The van der Waals surface area contributed by atoms with Gasteiger partial charge in [0, 0.05) is 12.1 Å². The molecule has 0 heterocycles. The first-order valence-corrected chi connectivity index (χ1v) is 5.40. The molecular formula is C12H14N2O2. The van der Waals surface area contributed by atoms with Crippen molar-refractivity contribution in [3.63, 3.8) is 0 Å². The molecular weight excluding hydrogens is 204 g/mol. The molecule has 84 valence electrons. The average molecular weight is 218 g/mol. The zero-order chi connectivity index (χ0) is 11.4. The Morgan fingerprint density at radius 2 is 1.88 bits per heavy atom. The van der Waals surface area contributed by atoms with E-state index >= 15 is 0 Å². The molecule has 1 fully saturated rings. The fourth-order valence-corrected chi connectivity index (χ4v) is 1.37. The number of carbonyl (C=O) groups excluding carboxylic acids is 2. The van der Waals surface area contributed by atoms with Crippen LogP contribution in [0.15, 0.2) is 30.3 Å². The molecule has 0 unspecified atom stereocenters. The van der Waals surface area contributed by atoms with Crippen LogP contribution in [0, 0.1) is 5.92 Å². The fraction of sp³-hybridized carbons (Fsp3) is 0.333. The number of nitrogens with one attached hydrogen (secondary N) is 2. The maximum atomic E-state index is 11.5. The van der Waals surface area contributed by atoms with Gasteiger partial charge >= 0.3 is 6.03 Å². The first-order chi connectivity index (χ1) is 7.75. The van der Waals surface area contributed by atoms with Crippen molar-refractivity contribution in [3.05, 3.63) is 35.9 Å². The molecule has 2 rings (SSSR count). The highest BCUT2D eigenvalue weighted by molar-refractivity contribution is 6.04. The highest BCUT2D eigenvalue weighted by Gasteiger charge is 2.21. The Balaban J connectivity index is 1.79. The van der Waals surface area contributed by atoms with E-state index in [9.17, 15) is 9.59 Å². The number of amides is 3. The van der Waals surface area contributed by atoms with Gasteiger partial charge < -0.3 is 5.32 Å². The summed E-state index contributed by atoms with van der Waals surface area (Å²) >= 11 is 0. The van der Waals surface area contributed by atoms with Crippen LogP contribution in [0.2, 0.25) is 0 Å². The summed E-state index contributed by atoms with van der Waals surface area (Å²) in [4.78, 5) is 22.9. The first-order valence-electron chi connectivity index (χ1n) is 5.40. The second kappa shape index (κ2) is 4.79. The Morgan fingerprint density at radius 1 is 1.19 bits per heavy atom. The average Bonchev–Trinajstić information content (AvgIpc) is 3.11. The van der Waals surface area contributed by atoms with Crippen LogP contribution in [0.3, 0.4) is 0 Å². The van der Waals surface area contributed by atoms with Gasteiger partial charge in [-0.15, -0.1) is 0 Å². The van der Waals surface area contributed by atoms with Crippen LogP contribution in [0.4, 0.5) is 4.79 Å². The lowest BCUT2D eigenvalue weighted by Gasteiger charge is -2.05. The number of hydrogen-bond donors (Lipinski definition) is 2. The summed E-state index contributed by atoms with van der Waals surface area (Å²) in [6.45, 7) is 0.661. The van der Waals surface area contributed by atoms with Crippen LogP contribution >= 0.6 is 0 Å². The summed E-state index contributed by atoms with van der Waals surface area (Å²) in [7, 11) is 0. The highest BCUT2D eigenvalue weighted by atomic mass is 16.2. The lowest BCUT2D eigenvalue weighted by molar-refractivity contribution is 0.0964. The topological polar surface area (TPSA) is 58.2 Å². The molecule has 4 heteroatoms. The van der Waals surface area contributed by atoms with Crippen molar-refractivity contribution >= 4 is 11.9 Å². The largest absolute Gasteiger partial charge is 0.338 e. The van der Waals surface area contributed by atoms with Crippen LogP contribution in [0.1, 0.15) is 23.2 Å².